The third-order valence-electron chi connectivity index (χ3n) is 3.21. The van der Waals surface area contributed by atoms with Crippen LogP contribution >= 0.6 is 0 Å². The van der Waals surface area contributed by atoms with Crippen molar-refractivity contribution in [1.82, 2.24) is 9.78 Å². The molecule has 0 atom stereocenters. The van der Waals surface area contributed by atoms with E-state index in [1.165, 1.54) is 7.11 Å². The Morgan fingerprint density at radius 2 is 2.05 bits per heavy atom. The number of nitrogens with one attached hydrogen (secondary N) is 1. The third kappa shape index (κ3) is 3.02. The lowest BCUT2D eigenvalue weighted by molar-refractivity contribution is 0.415. The zero-order valence-electron chi connectivity index (χ0n) is 12.5. The van der Waals surface area contributed by atoms with Crippen molar-refractivity contribution in [2.24, 2.45) is 0 Å². The van der Waals surface area contributed by atoms with Crippen molar-refractivity contribution in [3.63, 3.8) is 0 Å². The van der Waals surface area contributed by atoms with Gasteiger partial charge in [0.2, 0.25) is 0 Å². The van der Waals surface area contributed by atoms with Crippen molar-refractivity contribution in [2.45, 2.75) is 32.2 Å². The Hall–Kier alpha value is -2.02. The number of benzene rings is 1. The molecule has 0 amide bonds. The van der Waals surface area contributed by atoms with Crippen LogP contribution in [-0.4, -0.2) is 25.3 Å². The summed E-state index contributed by atoms with van der Waals surface area (Å²) in [5, 5.41) is 4.24. The third-order valence-corrected chi connectivity index (χ3v) is 4.84. The van der Waals surface area contributed by atoms with Crippen LogP contribution < -0.4 is 9.46 Å². The van der Waals surface area contributed by atoms with Crippen LogP contribution in [-0.2, 0) is 16.6 Å². The fraction of sp³-hybridized carbons (Fsp3) is 0.357. The number of anilines is 1. The first-order chi connectivity index (χ1) is 9.89. The molecule has 7 heteroatoms. The van der Waals surface area contributed by atoms with E-state index in [9.17, 15) is 8.42 Å². The van der Waals surface area contributed by atoms with Crippen LogP contribution in [0.3, 0.4) is 0 Å². The van der Waals surface area contributed by atoms with Crippen LogP contribution in [0.15, 0.2) is 29.2 Å². The first-order valence-electron chi connectivity index (χ1n) is 6.60. The summed E-state index contributed by atoms with van der Waals surface area (Å²) >= 11 is 0. The highest BCUT2D eigenvalue weighted by molar-refractivity contribution is 7.92. The summed E-state index contributed by atoms with van der Waals surface area (Å²) in [6.45, 7) is 6.00. The van der Waals surface area contributed by atoms with Crippen LogP contribution in [0.1, 0.15) is 18.3 Å². The summed E-state index contributed by atoms with van der Waals surface area (Å²) < 4.78 is 34.5. The van der Waals surface area contributed by atoms with Crippen LogP contribution in [0.4, 0.5) is 5.69 Å². The molecule has 0 saturated carbocycles. The number of aromatic nitrogens is 2. The highest BCUT2D eigenvalue weighted by atomic mass is 32.2. The Morgan fingerprint density at radius 1 is 1.33 bits per heavy atom. The van der Waals surface area contributed by atoms with Gasteiger partial charge in [-0.15, -0.1) is 0 Å². The summed E-state index contributed by atoms with van der Waals surface area (Å²) in [5.74, 6) is 0.591. The minimum absolute atomic E-state index is 0.229. The van der Waals surface area contributed by atoms with Gasteiger partial charge in [0.1, 0.15) is 10.6 Å². The minimum Gasteiger partial charge on any atom is -0.497 e. The lowest BCUT2D eigenvalue weighted by atomic mass is 10.3. The summed E-state index contributed by atoms with van der Waals surface area (Å²) in [6, 6.07) is 6.79. The highest BCUT2D eigenvalue weighted by Gasteiger charge is 2.24. The zero-order valence-corrected chi connectivity index (χ0v) is 13.4. The maximum absolute atomic E-state index is 12.6. The maximum Gasteiger partial charge on any atom is 0.265 e. The summed E-state index contributed by atoms with van der Waals surface area (Å²) in [7, 11) is -2.14. The van der Waals surface area contributed by atoms with Crippen LogP contribution in [0.25, 0.3) is 0 Å². The Balaban J connectivity index is 2.41. The lowest BCUT2D eigenvalue weighted by Crippen LogP contribution is -2.15. The molecule has 0 radical (unpaired) electrons. The molecular formula is C14H19N3O3S. The minimum atomic E-state index is -3.68. The van der Waals surface area contributed by atoms with E-state index in [1.807, 2.05) is 6.92 Å². The quantitative estimate of drug-likeness (QED) is 0.920. The normalized spacial score (nSPS) is 11.4. The monoisotopic (exact) mass is 309 g/mol. The molecule has 0 aliphatic carbocycles. The summed E-state index contributed by atoms with van der Waals surface area (Å²) in [4.78, 5) is 0.229. The molecular weight excluding hydrogens is 290 g/mol. The van der Waals surface area contributed by atoms with E-state index in [0.717, 1.165) is 0 Å². The molecule has 0 fully saturated rings. The molecule has 1 N–H and O–H groups in total. The number of methoxy groups -OCH3 is 1. The SMILES string of the molecule is CCn1nc(C)c(S(=O)(=O)Nc2cccc(OC)c2)c1C. The molecule has 21 heavy (non-hydrogen) atoms. The fourth-order valence-corrected chi connectivity index (χ4v) is 3.73. The van der Waals surface area contributed by atoms with Gasteiger partial charge in [-0.1, -0.05) is 6.07 Å². The molecule has 0 spiro atoms. The first-order valence-corrected chi connectivity index (χ1v) is 8.08. The molecule has 0 bridgehead atoms. The van der Waals surface area contributed by atoms with Gasteiger partial charge in [0.25, 0.3) is 10.0 Å². The van der Waals surface area contributed by atoms with Crippen molar-refractivity contribution in [2.75, 3.05) is 11.8 Å². The average Bonchev–Trinajstić information content (AvgIpc) is 2.73. The topological polar surface area (TPSA) is 73.2 Å². The van der Waals surface area contributed by atoms with Crippen molar-refractivity contribution in [1.29, 1.82) is 0 Å². The Morgan fingerprint density at radius 3 is 2.62 bits per heavy atom. The largest absolute Gasteiger partial charge is 0.497 e. The number of sulfonamides is 1. The summed E-state index contributed by atoms with van der Waals surface area (Å²) in [6.07, 6.45) is 0. The predicted octanol–water partition coefficient (Wildman–Crippen LogP) is 2.33. The van der Waals surface area contributed by atoms with Gasteiger partial charge in [-0.25, -0.2) is 8.42 Å². The second-order valence-corrected chi connectivity index (χ2v) is 6.27. The lowest BCUT2D eigenvalue weighted by Gasteiger charge is -2.09. The second-order valence-electron chi connectivity index (χ2n) is 4.65. The van der Waals surface area contributed by atoms with E-state index in [0.29, 0.717) is 29.4 Å². The van der Waals surface area contributed by atoms with E-state index < -0.39 is 10.0 Å². The molecule has 0 aliphatic rings. The number of rotatable bonds is 5. The molecule has 1 heterocycles. The van der Waals surface area contributed by atoms with Crippen LogP contribution in [0, 0.1) is 13.8 Å². The molecule has 0 unspecified atom stereocenters. The smallest absolute Gasteiger partial charge is 0.265 e. The van der Waals surface area contributed by atoms with Gasteiger partial charge in [0, 0.05) is 12.6 Å². The van der Waals surface area contributed by atoms with Gasteiger partial charge in [0.15, 0.2) is 0 Å². The van der Waals surface area contributed by atoms with Crippen molar-refractivity contribution in [3.05, 3.63) is 35.7 Å². The number of aryl methyl sites for hydroxylation is 2. The van der Waals surface area contributed by atoms with E-state index in [-0.39, 0.29) is 4.90 Å². The number of ether oxygens (including phenoxy) is 1. The van der Waals surface area contributed by atoms with E-state index in [1.54, 1.807) is 42.8 Å². The van der Waals surface area contributed by atoms with Gasteiger partial charge in [-0.05, 0) is 32.9 Å². The molecule has 2 rings (SSSR count). The number of hydrogen-bond acceptors (Lipinski definition) is 4. The zero-order chi connectivity index (χ0) is 15.6. The Bertz CT molecular complexity index is 751. The van der Waals surface area contributed by atoms with Gasteiger partial charge in [0.05, 0.1) is 24.2 Å². The first kappa shape index (κ1) is 15.4. The van der Waals surface area contributed by atoms with E-state index in [4.69, 9.17) is 4.74 Å². The molecule has 0 aliphatic heterocycles. The molecule has 1 aromatic carbocycles. The van der Waals surface area contributed by atoms with Gasteiger partial charge in [-0.2, -0.15) is 5.10 Å². The molecule has 2 aromatic rings. The fourth-order valence-electron chi connectivity index (χ4n) is 2.27. The number of nitrogens with zero attached hydrogens (tertiary/aromatic N) is 2. The van der Waals surface area contributed by atoms with Crippen LogP contribution in [0.2, 0.25) is 0 Å². The van der Waals surface area contributed by atoms with Crippen molar-refractivity contribution >= 4 is 15.7 Å². The Labute approximate surface area is 124 Å². The molecule has 114 valence electrons. The van der Waals surface area contributed by atoms with E-state index in [2.05, 4.69) is 9.82 Å². The standard InChI is InChI=1S/C14H19N3O3S/c1-5-17-11(3)14(10(2)15-17)21(18,19)16-12-7-6-8-13(9-12)20-4/h6-9,16H,5H2,1-4H3. The van der Waals surface area contributed by atoms with Gasteiger partial charge in [-0.3, -0.25) is 9.40 Å². The molecule has 1 aromatic heterocycles. The molecule has 6 nitrogen and oxygen atoms in total. The van der Waals surface area contributed by atoms with Crippen molar-refractivity contribution in [3.8, 4) is 5.75 Å². The van der Waals surface area contributed by atoms with Crippen molar-refractivity contribution < 1.29 is 13.2 Å². The molecule has 0 saturated heterocycles. The van der Waals surface area contributed by atoms with E-state index >= 15 is 0 Å². The summed E-state index contributed by atoms with van der Waals surface area (Å²) in [5.41, 5.74) is 1.58. The number of hydrogen-bond donors (Lipinski definition) is 1. The Kier molecular flexibility index (Phi) is 4.22. The highest BCUT2D eigenvalue weighted by Crippen LogP contribution is 2.24. The maximum atomic E-state index is 12.6. The van der Waals surface area contributed by atoms with Crippen LogP contribution in [0.5, 0.6) is 5.75 Å². The average molecular weight is 309 g/mol. The van der Waals surface area contributed by atoms with Gasteiger partial charge >= 0.3 is 0 Å². The van der Waals surface area contributed by atoms with Gasteiger partial charge < -0.3 is 4.74 Å². The predicted molar refractivity (Wildman–Crippen MR) is 81.2 cm³/mol. The second kappa shape index (κ2) is 5.77.